The van der Waals surface area contributed by atoms with Crippen LogP contribution in [-0.2, 0) is 0 Å². The van der Waals surface area contributed by atoms with E-state index in [4.69, 9.17) is 0 Å². The lowest BCUT2D eigenvalue weighted by Gasteiger charge is -2.04. The van der Waals surface area contributed by atoms with E-state index in [1.807, 2.05) is 42.6 Å². The Hall–Kier alpha value is -2.41. The van der Waals surface area contributed by atoms with Gasteiger partial charge in [0, 0.05) is 11.8 Å². The largest absolute Gasteiger partial charge is 0.256 e. The molecule has 0 spiro atoms. The molecule has 0 saturated heterocycles. The molecule has 0 bridgehead atoms. The molecule has 0 aliphatic rings. The third kappa shape index (κ3) is 2.16. The van der Waals surface area contributed by atoms with Crippen molar-refractivity contribution in [3.63, 3.8) is 0 Å². The van der Waals surface area contributed by atoms with Gasteiger partial charge in [-0.05, 0) is 29.3 Å². The highest BCUT2D eigenvalue weighted by atomic mass is 14.7. The first-order valence-corrected chi connectivity index (χ1v) is 5.91. The predicted molar refractivity (Wildman–Crippen MR) is 73.9 cm³/mol. The van der Waals surface area contributed by atoms with Crippen LogP contribution in [0.2, 0.25) is 0 Å². The van der Waals surface area contributed by atoms with Crippen molar-refractivity contribution in [1.82, 2.24) is 4.98 Å². The molecule has 85 valence electrons. The lowest BCUT2D eigenvalue weighted by molar-refractivity contribution is 1.33. The monoisotopic (exact) mass is 230 g/mol. The summed E-state index contributed by atoms with van der Waals surface area (Å²) in [6, 6.07) is 25.4. The molecule has 1 nitrogen and oxygen atoms in total. The molecule has 1 aromatic heterocycles. The Morgan fingerprint density at radius 1 is 0.722 bits per heavy atom. The molecule has 0 N–H and O–H groups in total. The van der Waals surface area contributed by atoms with Crippen molar-refractivity contribution < 1.29 is 0 Å². The van der Waals surface area contributed by atoms with E-state index in [0.717, 1.165) is 11.3 Å². The van der Waals surface area contributed by atoms with Crippen LogP contribution >= 0.6 is 0 Å². The molecule has 1 heterocycles. The predicted octanol–water partition coefficient (Wildman–Crippen LogP) is 4.22. The molecule has 2 aromatic carbocycles. The van der Waals surface area contributed by atoms with E-state index < -0.39 is 0 Å². The van der Waals surface area contributed by atoms with E-state index in [1.54, 1.807) is 0 Å². The molecule has 3 aromatic rings. The average Bonchev–Trinajstić information content (AvgIpc) is 2.49. The van der Waals surface area contributed by atoms with Gasteiger partial charge in [-0.15, -0.1) is 0 Å². The maximum atomic E-state index is 4.43. The molecule has 0 unspecified atom stereocenters. The second-order valence-electron chi connectivity index (χ2n) is 4.08. The van der Waals surface area contributed by atoms with Gasteiger partial charge < -0.3 is 0 Å². The highest BCUT2D eigenvalue weighted by Crippen LogP contribution is 2.23. The Kier molecular flexibility index (Phi) is 2.89. The van der Waals surface area contributed by atoms with Crippen molar-refractivity contribution in [3.8, 4) is 22.4 Å². The fourth-order valence-electron chi connectivity index (χ4n) is 1.96. The molecular formula is C17H12N. The lowest BCUT2D eigenvalue weighted by Crippen LogP contribution is -1.84. The summed E-state index contributed by atoms with van der Waals surface area (Å²) in [5.41, 5.74) is 4.51. The highest BCUT2D eigenvalue weighted by molar-refractivity contribution is 5.70. The number of benzene rings is 2. The molecule has 1 heteroatoms. The second kappa shape index (κ2) is 4.84. The van der Waals surface area contributed by atoms with E-state index in [0.29, 0.717) is 0 Å². The smallest absolute Gasteiger partial charge is 0.0708 e. The lowest BCUT2D eigenvalue weighted by atomic mass is 10.0. The summed E-state index contributed by atoms with van der Waals surface area (Å²) < 4.78 is 0. The molecule has 0 aliphatic heterocycles. The van der Waals surface area contributed by atoms with E-state index >= 15 is 0 Å². The normalized spacial score (nSPS) is 10.2. The molecular weight excluding hydrogens is 218 g/mol. The van der Waals surface area contributed by atoms with Gasteiger partial charge in [0.05, 0.1) is 5.69 Å². The van der Waals surface area contributed by atoms with Crippen LogP contribution in [0.25, 0.3) is 22.4 Å². The zero-order valence-corrected chi connectivity index (χ0v) is 9.88. The van der Waals surface area contributed by atoms with E-state index in [9.17, 15) is 0 Å². The molecule has 0 saturated carbocycles. The van der Waals surface area contributed by atoms with Gasteiger partial charge in [0.15, 0.2) is 0 Å². The number of hydrogen-bond donors (Lipinski definition) is 0. The topological polar surface area (TPSA) is 12.9 Å². The summed E-state index contributed by atoms with van der Waals surface area (Å²) in [6.45, 7) is 0. The van der Waals surface area contributed by atoms with E-state index in [2.05, 4.69) is 41.4 Å². The van der Waals surface area contributed by atoms with Crippen LogP contribution in [0.5, 0.6) is 0 Å². The summed E-state index contributed by atoms with van der Waals surface area (Å²) >= 11 is 0. The summed E-state index contributed by atoms with van der Waals surface area (Å²) in [4.78, 5) is 4.43. The van der Waals surface area contributed by atoms with Crippen LogP contribution in [0.15, 0.2) is 72.9 Å². The first kappa shape index (κ1) is 10.7. The van der Waals surface area contributed by atoms with Gasteiger partial charge in [0.1, 0.15) is 0 Å². The fraction of sp³-hybridized carbons (Fsp3) is 0. The third-order valence-corrected chi connectivity index (χ3v) is 2.88. The van der Waals surface area contributed by atoms with E-state index in [1.165, 1.54) is 11.1 Å². The molecule has 0 amide bonds. The minimum absolute atomic E-state index is 1.00. The van der Waals surface area contributed by atoms with Crippen LogP contribution in [-0.4, -0.2) is 4.98 Å². The first-order chi connectivity index (χ1) is 8.93. The zero-order valence-electron chi connectivity index (χ0n) is 9.88. The van der Waals surface area contributed by atoms with Crippen molar-refractivity contribution in [1.29, 1.82) is 0 Å². The molecule has 3 rings (SSSR count). The quantitative estimate of drug-likeness (QED) is 0.642. The summed E-state index contributed by atoms with van der Waals surface area (Å²) in [5.74, 6) is 0. The second-order valence-corrected chi connectivity index (χ2v) is 4.08. The van der Waals surface area contributed by atoms with Crippen molar-refractivity contribution >= 4 is 0 Å². The van der Waals surface area contributed by atoms with Gasteiger partial charge in [-0.25, -0.2) is 0 Å². The van der Waals surface area contributed by atoms with Crippen molar-refractivity contribution in [2.45, 2.75) is 0 Å². The first-order valence-electron chi connectivity index (χ1n) is 5.91. The summed E-state index contributed by atoms with van der Waals surface area (Å²) in [6.07, 6.45) is 1.86. The molecule has 0 aliphatic carbocycles. The van der Waals surface area contributed by atoms with Gasteiger partial charge in [0.2, 0.25) is 0 Å². The minimum atomic E-state index is 1.00. The summed E-state index contributed by atoms with van der Waals surface area (Å²) in [7, 11) is 0. The maximum Gasteiger partial charge on any atom is 0.0708 e. The Labute approximate surface area is 107 Å². The Morgan fingerprint density at radius 3 is 2.28 bits per heavy atom. The highest BCUT2D eigenvalue weighted by Gasteiger charge is 2.01. The average molecular weight is 230 g/mol. The Morgan fingerprint density at radius 2 is 1.50 bits per heavy atom. The van der Waals surface area contributed by atoms with E-state index in [-0.39, 0.29) is 0 Å². The number of aromatic nitrogens is 1. The number of rotatable bonds is 2. The van der Waals surface area contributed by atoms with Crippen LogP contribution in [0.3, 0.4) is 0 Å². The van der Waals surface area contributed by atoms with Gasteiger partial charge in [-0.1, -0.05) is 54.6 Å². The van der Waals surface area contributed by atoms with Crippen molar-refractivity contribution in [2.24, 2.45) is 0 Å². The molecule has 18 heavy (non-hydrogen) atoms. The fourth-order valence-corrected chi connectivity index (χ4v) is 1.96. The van der Waals surface area contributed by atoms with Gasteiger partial charge in [-0.2, -0.15) is 0 Å². The molecule has 0 fully saturated rings. The number of pyridine rings is 1. The van der Waals surface area contributed by atoms with Crippen LogP contribution in [0.4, 0.5) is 0 Å². The zero-order chi connectivity index (χ0) is 12.2. The number of nitrogens with zero attached hydrogens (tertiary/aromatic N) is 1. The standard InChI is InChI=1S/C17H12N/c1-3-7-14(8-4-1)16-11-12-18-17(13-16)15-9-5-2-6-10-15/h2-13H. The van der Waals surface area contributed by atoms with Crippen LogP contribution in [0.1, 0.15) is 0 Å². The maximum absolute atomic E-state index is 4.43. The Balaban J connectivity index is 2.05. The van der Waals surface area contributed by atoms with Crippen molar-refractivity contribution in [2.75, 3.05) is 0 Å². The molecule has 0 atom stereocenters. The third-order valence-electron chi connectivity index (χ3n) is 2.88. The van der Waals surface area contributed by atoms with Crippen LogP contribution < -0.4 is 0 Å². The SMILES string of the molecule is [c]1ccc(-c2ccnc(-c3ccccc3)c2)cc1. The number of hydrogen-bond acceptors (Lipinski definition) is 1. The van der Waals surface area contributed by atoms with Gasteiger partial charge in [-0.3, -0.25) is 4.98 Å². The molecule has 1 radical (unpaired) electrons. The van der Waals surface area contributed by atoms with Crippen LogP contribution in [0, 0.1) is 6.07 Å². The van der Waals surface area contributed by atoms with Gasteiger partial charge >= 0.3 is 0 Å². The van der Waals surface area contributed by atoms with Gasteiger partial charge in [0.25, 0.3) is 0 Å². The Bertz CT molecular complexity index is 575. The van der Waals surface area contributed by atoms with Crippen molar-refractivity contribution in [3.05, 3.63) is 79.0 Å². The summed E-state index contributed by atoms with van der Waals surface area (Å²) in [5, 5.41) is 0. The minimum Gasteiger partial charge on any atom is -0.256 e.